The Morgan fingerprint density at radius 3 is 2.58 bits per heavy atom. The minimum Gasteiger partial charge on any atom is -0.392 e. The van der Waals surface area contributed by atoms with E-state index < -0.39 is 0 Å². The van der Waals surface area contributed by atoms with Crippen LogP contribution in [0.5, 0.6) is 0 Å². The molecule has 2 aromatic heterocycles. The first kappa shape index (κ1) is 13.8. The zero-order valence-electron chi connectivity index (χ0n) is 11.9. The van der Waals surface area contributed by atoms with Crippen LogP contribution < -0.4 is 0 Å². The number of rotatable bonds is 6. The Balaban J connectivity index is 2.20. The molecule has 0 spiro atoms. The highest BCUT2D eigenvalue weighted by molar-refractivity contribution is 5.26. The zero-order valence-corrected chi connectivity index (χ0v) is 11.9. The molecule has 2 rings (SSSR count). The van der Waals surface area contributed by atoms with Crippen LogP contribution in [-0.2, 0) is 39.5 Å². The van der Waals surface area contributed by atoms with Gasteiger partial charge in [0, 0.05) is 43.2 Å². The summed E-state index contributed by atoms with van der Waals surface area (Å²) >= 11 is 0. The summed E-state index contributed by atoms with van der Waals surface area (Å²) in [5.74, 6) is 0. The molecule has 2 heterocycles. The highest BCUT2D eigenvalue weighted by Crippen LogP contribution is 2.17. The molecule has 0 aliphatic carbocycles. The van der Waals surface area contributed by atoms with E-state index in [4.69, 9.17) is 0 Å². The van der Waals surface area contributed by atoms with Crippen LogP contribution in [0.4, 0.5) is 0 Å². The molecule has 0 saturated heterocycles. The molecule has 0 unspecified atom stereocenters. The molecular formula is C14H22N4O. The summed E-state index contributed by atoms with van der Waals surface area (Å²) in [6.45, 7) is 5.09. The molecule has 5 nitrogen and oxygen atoms in total. The van der Waals surface area contributed by atoms with Gasteiger partial charge >= 0.3 is 0 Å². The van der Waals surface area contributed by atoms with Crippen molar-refractivity contribution in [2.45, 2.75) is 46.3 Å². The molecule has 0 bridgehead atoms. The van der Waals surface area contributed by atoms with Gasteiger partial charge in [0.25, 0.3) is 0 Å². The lowest BCUT2D eigenvalue weighted by atomic mass is 10.1. The van der Waals surface area contributed by atoms with Gasteiger partial charge in [0.2, 0.25) is 0 Å². The lowest BCUT2D eigenvalue weighted by Gasteiger charge is -2.07. The fraction of sp³-hybridized carbons (Fsp3) is 0.571. The third-order valence-electron chi connectivity index (χ3n) is 3.58. The van der Waals surface area contributed by atoms with Crippen LogP contribution in [0.1, 0.15) is 36.5 Å². The van der Waals surface area contributed by atoms with Crippen molar-refractivity contribution in [1.82, 2.24) is 19.6 Å². The molecule has 0 atom stereocenters. The van der Waals surface area contributed by atoms with Crippen molar-refractivity contribution in [1.29, 1.82) is 0 Å². The average molecular weight is 262 g/mol. The van der Waals surface area contributed by atoms with Crippen molar-refractivity contribution in [3.8, 4) is 0 Å². The molecule has 104 valence electrons. The number of aromatic nitrogens is 4. The van der Waals surface area contributed by atoms with Crippen LogP contribution in [0.15, 0.2) is 12.3 Å². The van der Waals surface area contributed by atoms with Crippen LogP contribution in [0.25, 0.3) is 0 Å². The molecule has 2 aromatic rings. The zero-order chi connectivity index (χ0) is 13.8. The number of nitrogens with zero attached hydrogens (tertiary/aromatic N) is 4. The van der Waals surface area contributed by atoms with Gasteiger partial charge in [-0.1, -0.05) is 13.8 Å². The molecule has 19 heavy (non-hydrogen) atoms. The molecule has 5 heteroatoms. The van der Waals surface area contributed by atoms with Gasteiger partial charge in [-0.15, -0.1) is 0 Å². The van der Waals surface area contributed by atoms with Crippen molar-refractivity contribution in [2.24, 2.45) is 7.05 Å². The third kappa shape index (κ3) is 2.71. The maximum Gasteiger partial charge on any atom is 0.0718 e. The summed E-state index contributed by atoms with van der Waals surface area (Å²) in [7, 11) is 1.95. The Morgan fingerprint density at radius 2 is 2.05 bits per heavy atom. The summed E-state index contributed by atoms with van der Waals surface area (Å²) in [5, 5.41) is 18.3. The smallest absolute Gasteiger partial charge is 0.0718 e. The van der Waals surface area contributed by atoms with E-state index in [1.165, 1.54) is 5.69 Å². The van der Waals surface area contributed by atoms with E-state index in [1.807, 2.05) is 28.7 Å². The van der Waals surface area contributed by atoms with Crippen molar-refractivity contribution >= 4 is 0 Å². The number of hydrogen-bond donors (Lipinski definition) is 1. The normalized spacial score (nSPS) is 11.2. The summed E-state index contributed by atoms with van der Waals surface area (Å²) in [5.41, 5.74) is 4.38. The van der Waals surface area contributed by atoms with E-state index in [-0.39, 0.29) is 6.61 Å². The highest BCUT2D eigenvalue weighted by Gasteiger charge is 2.14. The molecule has 0 fully saturated rings. The largest absolute Gasteiger partial charge is 0.392 e. The lowest BCUT2D eigenvalue weighted by Crippen LogP contribution is -2.10. The fourth-order valence-electron chi connectivity index (χ4n) is 2.50. The Labute approximate surface area is 113 Å². The summed E-state index contributed by atoms with van der Waals surface area (Å²) in [4.78, 5) is 0. The van der Waals surface area contributed by atoms with Crippen LogP contribution in [0.3, 0.4) is 0 Å². The molecule has 0 saturated carbocycles. The summed E-state index contributed by atoms with van der Waals surface area (Å²) in [6, 6.07) is 2.03. The molecule has 1 N–H and O–H groups in total. The molecule has 0 aromatic carbocycles. The van der Waals surface area contributed by atoms with Gasteiger partial charge in [0.05, 0.1) is 12.3 Å². The second kappa shape index (κ2) is 6.02. The first-order valence-electron chi connectivity index (χ1n) is 6.86. The van der Waals surface area contributed by atoms with Crippen LogP contribution in [-0.4, -0.2) is 24.7 Å². The predicted molar refractivity (Wildman–Crippen MR) is 73.8 cm³/mol. The van der Waals surface area contributed by atoms with Crippen LogP contribution in [0, 0.1) is 0 Å². The van der Waals surface area contributed by atoms with E-state index in [0.717, 1.165) is 42.8 Å². The van der Waals surface area contributed by atoms with Crippen molar-refractivity contribution in [3.05, 3.63) is 34.9 Å². The molecule has 0 aliphatic rings. The highest BCUT2D eigenvalue weighted by atomic mass is 16.3. The van der Waals surface area contributed by atoms with Crippen LogP contribution >= 0.6 is 0 Å². The van der Waals surface area contributed by atoms with Crippen molar-refractivity contribution < 1.29 is 5.11 Å². The lowest BCUT2D eigenvalue weighted by molar-refractivity contribution is 0.279. The summed E-state index contributed by atoms with van der Waals surface area (Å²) < 4.78 is 3.93. The van der Waals surface area contributed by atoms with Crippen molar-refractivity contribution in [3.63, 3.8) is 0 Å². The van der Waals surface area contributed by atoms with Gasteiger partial charge in [0.15, 0.2) is 0 Å². The second-order valence-corrected chi connectivity index (χ2v) is 4.66. The molecule has 0 radical (unpaired) electrons. The monoisotopic (exact) mass is 262 g/mol. The first-order valence-corrected chi connectivity index (χ1v) is 6.86. The maximum atomic E-state index is 9.50. The molecule has 0 amide bonds. The Kier molecular flexibility index (Phi) is 4.37. The van der Waals surface area contributed by atoms with Gasteiger partial charge in [-0.2, -0.15) is 10.2 Å². The third-order valence-corrected chi connectivity index (χ3v) is 3.58. The molecular weight excluding hydrogens is 240 g/mol. The topological polar surface area (TPSA) is 55.9 Å². The number of aliphatic hydroxyl groups is 1. The Hall–Kier alpha value is -1.62. The minimum absolute atomic E-state index is 0.0814. The van der Waals surface area contributed by atoms with E-state index in [9.17, 15) is 5.11 Å². The average Bonchev–Trinajstić information content (AvgIpc) is 2.98. The maximum absolute atomic E-state index is 9.50. The number of hydrogen-bond acceptors (Lipinski definition) is 3. The minimum atomic E-state index is 0.0814. The van der Waals surface area contributed by atoms with Gasteiger partial charge < -0.3 is 5.11 Å². The SMILES string of the molecule is CCc1nn(CCc2ccnn2C)c(CC)c1CO. The summed E-state index contributed by atoms with van der Waals surface area (Å²) in [6.07, 6.45) is 4.48. The first-order chi connectivity index (χ1) is 9.21. The van der Waals surface area contributed by atoms with E-state index in [0.29, 0.717) is 0 Å². The number of aliphatic hydroxyl groups excluding tert-OH is 1. The Morgan fingerprint density at radius 1 is 1.26 bits per heavy atom. The predicted octanol–water partition coefficient (Wildman–Crippen LogP) is 1.48. The van der Waals surface area contributed by atoms with E-state index in [1.54, 1.807) is 0 Å². The molecule has 0 aliphatic heterocycles. The fourth-order valence-corrected chi connectivity index (χ4v) is 2.50. The van der Waals surface area contributed by atoms with Gasteiger partial charge in [-0.25, -0.2) is 0 Å². The quantitative estimate of drug-likeness (QED) is 0.858. The number of aryl methyl sites for hydroxylation is 4. The van der Waals surface area contributed by atoms with E-state index >= 15 is 0 Å². The Bertz CT molecular complexity index is 542. The van der Waals surface area contributed by atoms with Gasteiger partial charge in [-0.05, 0) is 18.9 Å². The van der Waals surface area contributed by atoms with E-state index in [2.05, 4.69) is 24.0 Å². The second-order valence-electron chi connectivity index (χ2n) is 4.66. The van der Waals surface area contributed by atoms with Crippen LogP contribution in [0.2, 0.25) is 0 Å². The van der Waals surface area contributed by atoms with Gasteiger partial charge in [-0.3, -0.25) is 9.36 Å². The van der Waals surface area contributed by atoms with Crippen molar-refractivity contribution in [2.75, 3.05) is 0 Å². The van der Waals surface area contributed by atoms with Gasteiger partial charge in [0.1, 0.15) is 0 Å². The standard InChI is InChI=1S/C14H22N4O/c1-4-13-12(10-19)14(5-2)18(16-13)9-7-11-6-8-15-17(11)3/h6,8,19H,4-5,7,9-10H2,1-3H3.